The number of nitrogens with one attached hydrogen (secondary N) is 1. The van der Waals surface area contributed by atoms with Gasteiger partial charge in [-0.25, -0.2) is 17.5 Å². The number of carbonyl (C=O) groups excluding carboxylic acids is 1. The number of hydrogen-bond acceptors (Lipinski definition) is 7. The molecule has 2 aromatic carbocycles. The number of amides is 1. The molecule has 11 heteroatoms. The maximum absolute atomic E-state index is 14.0. The molecule has 0 aliphatic heterocycles. The molecule has 0 atom stereocenters. The first-order valence-electron chi connectivity index (χ1n) is 8.58. The van der Waals surface area contributed by atoms with Gasteiger partial charge >= 0.3 is 0 Å². The minimum atomic E-state index is -3.26. The maximum atomic E-state index is 14.0. The number of carbonyl (C=O) groups is 1. The summed E-state index contributed by atoms with van der Waals surface area (Å²) >= 11 is 0. The normalized spacial score (nSPS) is 11.2. The van der Waals surface area contributed by atoms with Crippen molar-refractivity contribution in [3.63, 3.8) is 0 Å². The van der Waals surface area contributed by atoms with Gasteiger partial charge in [0.15, 0.2) is 9.84 Å². The molecule has 1 heterocycles. The van der Waals surface area contributed by atoms with Gasteiger partial charge in [-0.15, -0.1) is 5.10 Å². The molecular weight excluding hydrogens is 401 g/mol. The molecule has 29 heavy (non-hydrogen) atoms. The molecule has 0 aliphatic rings. The van der Waals surface area contributed by atoms with Crippen LogP contribution in [0.15, 0.2) is 53.7 Å². The van der Waals surface area contributed by atoms with E-state index in [0.717, 1.165) is 6.26 Å². The molecule has 0 fully saturated rings. The van der Waals surface area contributed by atoms with Crippen molar-refractivity contribution >= 4 is 21.4 Å². The van der Waals surface area contributed by atoms with Gasteiger partial charge in [-0.2, -0.15) is 0 Å². The largest absolute Gasteiger partial charge is 0.494 e. The molecule has 0 saturated carbocycles. The molecular formula is C18H18FN5O4S. The fourth-order valence-electron chi connectivity index (χ4n) is 2.45. The van der Waals surface area contributed by atoms with E-state index in [2.05, 4.69) is 20.8 Å². The summed E-state index contributed by atoms with van der Waals surface area (Å²) in [6, 6.07) is 10.2. The Morgan fingerprint density at radius 1 is 1.21 bits per heavy atom. The highest BCUT2D eigenvalue weighted by Gasteiger charge is 2.10. The average molecular weight is 419 g/mol. The number of hydrogen-bond donors (Lipinski definition) is 1. The van der Waals surface area contributed by atoms with E-state index in [1.54, 1.807) is 12.1 Å². The molecule has 0 aliphatic carbocycles. The van der Waals surface area contributed by atoms with Crippen LogP contribution in [0, 0.1) is 5.82 Å². The zero-order valence-corrected chi connectivity index (χ0v) is 16.3. The van der Waals surface area contributed by atoms with Crippen molar-refractivity contribution in [2.24, 2.45) is 0 Å². The molecule has 0 spiro atoms. The summed E-state index contributed by atoms with van der Waals surface area (Å²) in [6.07, 6.45) is 3.01. The van der Waals surface area contributed by atoms with Crippen LogP contribution < -0.4 is 10.1 Å². The van der Waals surface area contributed by atoms with Crippen LogP contribution in [0.1, 0.15) is 12.8 Å². The number of rotatable bonds is 8. The number of nitrogens with zero attached hydrogens (tertiary/aromatic N) is 4. The van der Waals surface area contributed by atoms with Crippen LogP contribution in [0.3, 0.4) is 0 Å². The van der Waals surface area contributed by atoms with Crippen LogP contribution in [-0.2, 0) is 14.6 Å². The topological polar surface area (TPSA) is 116 Å². The van der Waals surface area contributed by atoms with Gasteiger partial charge < -0.3 is 10.1 Å². The van der Waals surface area contributed by atoms with E-state index < -0.39 is 15.7 Å². The molecule has 1 amide bonds. The molecule has 3 rings (SSSR count). The predicted molar refractivity (Wildman–Crippen MR) is 102 cm³/mol. The van der Waals surface area contributed by atoms with Crippen LogP contribution in [-0.4, -0.2) is 47.4 Å². The summed E-state index contributed by atoms with van der Waals surface area (Å²) in [6.45, 7) is 0.249. The quantitative estimate of drug-likeness (QED) is 0.555. The third-order valence-corrected chi connectivity index (χ3v) is 5.03. The summed E-state index contributed by atoms with van der Waals surface area (Å²) in [4.78, 5) is 12.3. The standard InChI is InChI=1S/C18H18FN5O4S/c1-29(26,27)15-7-5-14(6-8-15)28-10-2-3-18(25)21-17-11-13(4-9-16(17)19)24-12-20-22-23-24/h4-9,11-12H,2-3,10H2,1H3,(H,21,25). The first kappa shape index (κ1) is 20.4. The lowest BCUT2D eigenvalue weighted by Gasteiger charge is -2.09. The molecule has 9 nitrogen and oxygen atoms in total. The number of halogens is 1. The zero-order valence-electron chi connectivity index (χ0n) is 15.4. The lowest BCUT2D eigenvalue weighted by molar-refractivity contribution is -0.116. The Morgan fingerprint density at radius 2 is 1.97 bits per heavy atom. The lowest BCUT2D eigenvalue weighted by atomic mass is 10.2. The van der Waals surface area contributed by atoms with Gasteiger partial charge in [-0.3, -0.25) is 4.79 Å². The van der Waals surface area contributed by atoms with Crippen LogP contribution in [0.4, 0.5) is 10.1 Å². The van der Waals surface area contributed by atoms with E-state index in [9.17, 15) is 17.6 Å². The number of benzene rings is 2. The van der Waals surface area contributed by atoms with Crippen molar-refractivity contribution in [1.29, 1.82) is 0 Å². The van der Waals surface area contributed by atoms with Crippen LogP contribution in [0.5, 0.6) is 5.75 Å². The fourth-order valence-corrected chi connectivity index (χ4v) is 3.08. The third-order valence-electron chi connectivity index (χ3n) is 3.91. The molecule has 1 aromatic heterocycles. The van der Waals surface area contributed by atoms with Crippen molar-refractivity contribution in [3.05, 3.63) is 54.6 Å². The van der Waals surface area contributed by atoms with Gasteiger partial charge in [0.05, 0.1) is 22.9 Å². The van der Waals surface area contributed by atoms with E-state index in [1.807, 2.05) is 0 Å². The Labute approximate surface area is 166 Å². The van der Waals surface area contributed by atoms with Gasteiger partial charge in [0.25, 0.3) is 0 Å². The summed E-state index contributed by atoms with van der Waals surface area (Å²) in [5, 5.41) is 13.3. The highest BCUT2D eigenvalue weighted by Crippen LogP contribution is 2.19. The molecule has 0 unspecified atom stereocenters. The van der Waals surface area contributed by atoms with Crippen LogP contribution in [0.25, 0.3) is 5.69 Å². The second-order valence-corrected chi connectivity index (χ2v) is 8.18. The maximum Gasteiger partial charge on any atom is 0.224 e. The lowest BCUT2D eigenvalue weighted by Crippen LogP contribution is -2.14. The third kappa shape index (κ3) is 5.57. The van der Waals surface area contributed by atoms with Crippen LogP contribution >= 0.6 is 0 Å². The number of ether oxygens (including phenoxy) is 1. The minimum absolute atomic E-state index is 0.0280. The van der Waals surface area contributed by atoms with Crippen molar-refractivity contribution in [2.75, 3.05) is 18.2 Å². The fraction of sp³-hybridized carbons (Fsp3) is 0.222. The first-order valence-corrected chi connectivity index (χ1v) is 10.5. The monoisotopic (exact) mass is 419 g/mol. The second kappa shape index (κ2) is 8.78. The molecule has 3 aromatic rings. The summed E-state index contributed by atoms with van der Waals surface area (Å²) < 4.78 is 43.6. The van der Waals surface area contributed by atoms with Crippen molar-refractivity contribution in [1.82, 2.24) is 20.2 Å². The van der Waals surface area contributed by atoms with Crippen LogP contribution in [0.2, 0.25) is 0 Å². The Kier molecular flexibility index (Phi) is 6.17. The average Bonchev–Trinajstić information content (AvgIpc) is 3.21. The van der Waals surface area contributed by atoms with E-state index in [4.69, 9.17) is 4.74 Å². The molecule has 0 radical (unpaired) electrons. The number of tetrazole rings is 1. The molecule has 1 N–H and O–H groups in total. The minimum Gasteiger partial charge on any atom is -0.494 e. The van der Waals surface area contributed by atoms with Gasteiger partial charge in [-0.1, -0.05) is 0 Å². The Morgan fingerprint density at radius 3 is 2.62 bits per heavy atom. The van der Waals surface area contributed by atoms with Crippen molar-refractivity contribution in [3.8, 4) is 11.4 Å². The molecule has 0 bridgehead atoms. The predicted octanol–water partition coefficient (Wildman–Crippen LogP) is 2.00. The van der Waals surface area contributed by atoms with Crippen molar-refractivity contribution < 1.29 is 22.3 Å². The second-order valence-electron chi connectivity index (χ2n) is 6.16. The van der Waals surface area contributed by atoms with Gasteiger partial charge in [0, 0.05) is 12.7 Å². The smallest absolute Gasteiger partial charge is 0.224 e. The molecule has 0 saturated heterocycles. The van der Waals surface area contributed by atoms with E-state index in [0.29, 0.717) is 17.9 Å². The summed E-state index contributed by atoms with van der Waals surface area (Å²) in [7, 11) is -3.26. The van der Waals surface area contributed by atoms with Gasteiger partial charge in [-0.05, 0) is 59.3 Å². The number of sulfone groups is 1. The van der Waals surface area contributed by atoms with E-state index in [-0.39, 0.29) is 29.5 Å². The highest BCUT2D eigenvalue weighted by molar-refractivity contribution is 7.90. The first-order chi connectivity index (χ1) is 13.8. The van der Waals surface area contributed by atoms with Gasteiger partial charge in [0.2, 0.25) is 5.91 Å². The SMILES string of the molecule is CS(=O)(=O)c1ccc(OCCCC(=O)Nc2cc(-n3cnnn3)ccc2F)cc1. The van der Waals surface area contributed by atoms with Crippen molar-refractivity contribution in [2.45, 2.75) is 17.7 Å². The van der Waals surface area contributed by atoms with E-state index in [1.165, 1.54) is 41.3 Å². The Balaban J connectivity index is 1.49. The molecule has 152 valence electrons. The summed E-state index contributed by atoms with van der Waals surface area (Å²) in [5.74, 6) is -0.441. The Hall–Kier alpha value is -3.34. The van der Waals surface area contributed by atoms with Gasteiger partial charge in [0.1, 0.15) is 17.9 Å². The summed E-state index contributed by atoms with van der Waals surface area (Å²) in [5.41, 5.74) is 0.535. The van der Waals surface area contributed by atoms with E-state index >= 15 is 0 Å². The Bertz CT molecular complexity index is 1090. The highest BCUT2D eigenvalue weighted by atomic mass is 32.2. The zero-order chi connectivity index (χ0) is 20.9. The number of aromatic nitrogens is 4. The number of anilines is 1.